The highest BCUT2D eigenvalue weighted by Crippen LogP contribution is 2.20. The molecular weight excluding hydrogens is 236 g/mol. The van der Waals surface area contributed by atoms with Gasteiger partial charge in [-0.2, -0.15) is 0 Å². The molecule has 1 saturated heterocycles. The monoisotopic (exact) mass is 260 g/mol. The third kappa shape index (κ3) is 4.06. The van der Waals surface area contributed by atoms with E-state index in [-0.39, 0.29) is 18.0 Å². The molecule has 1 aromatic rings. The zero-order valence-corrected chi connectivity index (χ0v) is 11.7. The second-order valence-corrected chi connectivity index (χ2v) is 5.26. The highest BCUT2D eigenvalue weighted by Gasteiger charge is 2.23. The molecule has 2 atom stereocenters. The van der Waals surface area contributed by atoms with Crippen LogP contribution in [0.1, 0.15) is 50.6 Å². The standard InChI is InChI=1S/C16H24N2O/c1-2-8-14(13-9-4-3-5-10-13)18-15-11-6-7-12-17-16(15)19/h3-5,9-10,14-15,18H,2,6-8,11-12H2,1H3,(H,17,19). The number of hydrogen-bond donors (Lipinski definition) is 2. The van der Waals surface area contributed by atoms with Gasteiger partial charge in [-0.15, -0.1) is 0 Å². The molecule has 2 unspecified atom stereocenters. The zero-order valence-electron chi connectivity index (χ0n) is 11.7. The topological polar surface area (TPSA) is 41.1 Å². The Kier molecular flexibility index (Phi) is 5.40. The summed E-state index contributed by atoms with van der Waals surface area (Å²) in [5, 5.41) is 6.54. The number of carbonyl (C=O) groups is 1. The van der Waals surface area contributed by atoms with Gasteiger partial charge in [-0.3, -0.25) is 10.1 Å². The normalized spacial score (nSPS) is 21.5. The first-order valence-corrected chi connectivity index (χ1v) is 7.40. The largest absolute Gasteiger partial charge is 0.355 e. The maximum absolute atomic E-state index is 12.0. The lowest BCUT2D eigenvalue weighted by molar-refractivity contribution is -0.123. The molecule has 19 heavy (non-hydrogen) atoms. The Bertz CT molecular complexity index is 391. The van der Waals surface area contributed by atoms with E-state index >= 15 is 0 Å². The second kappa shape index (κ2) is 7.29. The molecule has 1 fully saturated rings. The van der Waals surface area contributed by atoms with Gasteiger partial charge in [0.15, 0.2) is 0 Å². The predicted molar refractivity (Wildman–Crippen MR) is 77.9 cm³/mol. The third-order valence-electron chi connectivity index (χ3n) is 3.72. The van der Waals surface area contributed by atoms with E-state index in [2.05, 4.69) is 41.8 Å². The van der Waals surface area contributed by atoms with E-state index in [0.29, 0.717) is 0 Å². The van der Waals surface area contributed by atoms with Gasteiger partial charge in [-0.1, -0.05) is 43.7 Å². The first-order valence-electron chi connectivity index (χ1n) is 7.40. The number of hydrogen-bond acceptors (Lipinski definition) is 2. The number of benzene rings is 1. The predicted octanol–water partition coefficient (Wildman–Crippen LogP) is 2.79. The Balaban J connectivity index is 2.05. The lowest BCUT2D eigenvalue weighted by Crippen LogP contribution is -2.44. The van der Waals surface area contributed by atoms with Crippen molar-refractivity contribution in [1.82, 2.24) is 10.6 Å². The summed E-state index contributed by atoms with van der Waals surface area (Å²) in [5.74, 6) is 0.162. The van der Waals surface area contributed by atoms with Crippen LogP contribution in [0.4, 0.5) is 0 Å². The van der Waals surface area contributed by atoms with Crippen molar-refractivity contribution < 1.29 is 4.79 Å². The Morgan fingerprint density at radius 2 is 2.11 bits per heavy atom. The Morgan fingerprint density at radius 3 is 2.84 bits per heavy atom. The van der Waals surface area contributed by atoms with Crippen molar-refractivity contribution in [3.05, 3.63) is 35.9 Å². The summed E-state index contributed by atoms with van der Waals surface area (Å²) in [7, 11) is 0. The first-order chi connectivity index (χ1) is 9.31. The molecule has 2 N–H and O–H groups in total. The van der Waals surface area contributed by atoms with Gasteiger partial charge in [0.25, 0.3) is 0 Å². The average molecular weight is 260 g/mol. The molecule has 0 spiro atoms. The lowest BCUT2D eigenvalue weighted by atomic mass is 10.00. The van der Waals surface area contributed by atoms with E-state index in [1.165, 1.54) is 5.56 Å². The molecule has 1 aliphatic heterocycles. The molecule has 1 aliphatic rings. The summed E-state index contributed by atoms with van der Waals surface area (Å²) in [6.07, 6.45) is 5.32. The minimum atomic E-state index is -0.0424. The molecule has 0 bridgehead atoms. The fourth-order valence-electron chi connectivity index (χ4n) is 2.66. The van der Waals surface area contributed by atoms with Crippen molar-refractivity contribution in [2.75, 3.05) is 6.54 Å². The summed E-state index contributed by atoms with van der Waals surface area (Å²) < 4.78 is 0. The van der Waals surface area contributed by atoms with Crippen molar-refractivity contribution in [3.8, 4) is 0 Å². The molecule has 2 rings (SSSR count). The molecule has 0 radical (unpaired) electrons. The van der Waals surface area contributed by atoms with Crippen LogP contribution in [0.5, 0.6) is 0 Å². The van der Waals surface area contributed by atoms with Gasteiger partial charge in [-0.25, -0.2) is 0 Å². The van der Waals surface area contributed by atoms with Gasteiger partial charge in [0.1, 0.15) is 0 Å². The average Bonchev–Trinajstić information content (AvgIpc) is 2.64. The van der Waals surface area contributed by atoms with E-state index in [4.69, 9.17) is 0 Å². The summed E-state index contributed by atoms with van der Waals surface area (Å²) in [5.41, 5.74) is 1.28. The van der Waals surface area contributed by atoms with Gasteiger partial charge in [0, 0.05) is 12.6 Å². The minimum absolute atomic E-state index is 0.0424. The molecular formula is C16H24N2O. The Labute approximate surface area is 115 Å². The van der Waals surface area contributed by atoms with Crippen LogP contribution in [0.25, 0.3) is 0 Å². The van der Waals surface area contributed by atoms with Crippen LogP contribution in [0, 0.1) is 0 Å². The van der Waals surface area contributed by atoms with Gasteiger partial charge in [-0.05, 0) is 31.2 Å². The maximum atomic E-state index is 12.0. The lowest BCUT2D eigenvalue weighted by Gasteiger charge is -2.24. The van der Waals surface area contributed by atoms with Crippen LogP contribution in [0.3, 0.4) is 0 Å². The van der Waals surface area contributed by atoms with Crippen molar-refractivity contribution in [3.63, 3.8) is 0 Å². The van der Waals surface area contributed by atoms with E-state index in [1.807, 2.05) is 6.07 Å². The van der Waals surface area contributed by atoms with Crippen LogP contribution < -0.4 is 10.6 Å². The van der Waals surface area contributed by atoms with Crippen LogP contribution in [0.15, 0.2) is 30.3 Å². The molecule has 3 nitrogen and oxygen atoms in total. The maximum Gasteiger partial charge on any atom is 0.237 e. The second-order valence-electron chi connectivity index (χ2n) is 5.26. The van der Waals surface area contributed by atoms with Crippen LogP contribution in [-0.2, 0) is 4.79 Å². The van der Waals surface area contributed by atoms with Crippen molar-refractivity contribution in [2.24, 2.45) is 0 Å². The molecule has 104 valence electrons. The number of nitrogens with one attached hydrogen (secondary N) is 2. The van der Waals surface area contributed by atoms with Crippen LogP contribution >= 0.6 is 0 Å². The summed E-state index contributed by atoms with van der Waals surface area (Å²) in [6.45, 7) is 3.01. The Hall–Kier alpha value is -1.35. The van der Waals surface area contributed by atoms with Crippen LogP contribution in [-0.4, -0.2) is 18.5 Å². The number of carbonyl (C=O) groups excluding carboxylic acids is 1. The highest BCUT2D eigenvalue weighted by atomic mass is 16.2. The number of rotatable bonds is 5. The molecule has 1 amide bonds. The minimum Gasteiger partial charge on any atom is -0.355 e. The quantitative estimate of drug-likeness (QED) is 0.854. The zero-order chi connectivity index (χ0) is 13.5. The van der Waals surface area contributed by atoms with E-state index in [9.17, 15) is 4.79 Å². The smallest absolute Gasteiger partial charge is 0.237 e. The summed E-state index contributed by atoms with van der Waals surface area (Å²) >= 11 is 0. The highest BCUT2D eigenvalue weighted by molar-refractivity contribution is 5.81. The van der Waals surface area contributed by atoms with E-state index < -0.39 is 0 Å². The third-order valence-corrected chi connectivity index (χ3v) is 3.72. The molecule has 1 heterocycles. The van der Waals surface area contributed by atoms with Gasteiger partial charge < -0.3 is 5.32 Å². The van der Waals surface area contributed by atoms with Gasteiger partial charge >= 0.3 is 0 Å². The van der Waals surface area contributed by atoms with Gasteiger partial charge in [0.2, 0.25) is 5.91 Å². The first kappa shape index (κ1) is 14.1. The Morgan fingerprint density at radius 1 is 1.32 bits per heavy atom. The summed E-state index contributed by atoms with van der Waals surface area (Å²) in [4.78, 5) is 12.0. The fourth-order valence-corrected chi connectivity index (χ4v) is 2.66. The molecule has 0 aromatic heterocycles. The molecule has 1 aromatic carbocycles. The number of amides is 1. The van der Waals surface area contributed by atoms with E-state index in [1.54, 1.807) is 0 Å². The molecule has 3 heteroatoms. The van der Waals surface area contributed by atoms with Crippen LogP contribution in [0.2, 0.25) is 0 Å². The van der Waals surface area contributed by atoms with Crippen molar-refractivity contribution in [2.45, 2.75) is 51.1 Å². The molecule has 0 saturated carbocycles. The van der Waals surface area contributed by atoms with Crippen molar-refractivity contribution in [1.29, 1.82) is 0 Å². The fraction of sp³-hybridized carbons (Fsp3) is 0.562. The SMILES string of the molecule is CCCC(NC1CCCCNC1=O)c1ccccc1. The molecule has 0 aliphatic carbocycles. The van der Waals surface area contributed by atoms with E-state index in [0.717, 1.165) is 38.6 Å². The van der Waals surface area contributed by atoms with Crippen molar-refractivity contribution >= 4 is 5.91 Å². The summed E-state index contributed by atoms with van der Waals surface area (Å²) in [6, 6.07) is 10.7. The van der Waals surface area contributed by atoms with Gasteiger partial charge in [0.05, 0.1) is 6.04 Å².